The van der Waals surface area contributed by atoms with Gasteiger partial charge in [0.15, 0.2) is 23.2 Å². The lowest BCUT2D eigenvalue weighted by atomic mass is 9.95. The molecular weight excluding hydrogens is 569 g/mol. The number of H-pyrrole nitrogens is 1. The molecule has 4 rings (SSSR count). The van der Waals surface area contributed by atoms with E-state index in [1.807, 2.05) is 13.8 Å². The standard InChI is InChI=1S/C30H33F3N4O6/c1-15(2)11-22(37-30(41)23-13-17-20(35-23)5-4-6-25(17)42-3)29(40)36-21(12-16-9-10-34-28(16)39)24(38)14-43-27-19(32)8-7-18(31)26(27)33/h4-8,13,15-16,21-22,35H,9-12,14H2,1-3H3,(H,34,39)(H,36,40)(H,37,41)/t16-,21?,22?/m0/s1. The molecule has 3 amide bonds. The second-order valence-corrected chi connectivity index (χ2v) is 10.8. The van der Waals surface area contributed by atoms with Gasteiger partial charge in [-0.15, -0.1) is 0 Å². The van der Waals surface area contributed by atoms with Crippen LogP contribution in [0.3, 0.4) is 0 Å². The molecule has 43 heavy (non-hydrogen) atoms. The number of aromatic nitrogens is 1. The maximum atomic E-state index is 14.1. The Hall–Kier alpha value is -4.55. The van der Waals surface area contributed by atoms with Crippen LogP contribution < -0.4 is 25.4 Å². The van der Waals surface area contributed by atoms with Crippen molar-refractivity contribution < 1.29 is 41.8 Å². The van der Waals surface area contributed by atoms with Gasteiger partial charge in [0.2, 0.25) is 17.6 Å². The van der Waals surface area contributed by atoms with E-state index in [0.29, 0.717) is 41.8 Å². The zero-order chi connectivity index (χ0) is 31.3. The van der Waals surface area contributed by atoms with Crippen molar-refractivity contribution in [2.24, 2.45) is 11.8 Å². The Labute approximate surface area is 245 Å². The zero-order valence-electron chi connectivity index (χ0n) is 23.9. The minimum absolute atomic E-state index is 0.0455. The van der Waals surface area contributed by atoms with Crippen molar-refractivity contribution in [3.63, 3.8) is 0 Å². The Morgan fingerprint density at radius 1 is 1.05 bits per heavy atom. The number of methoxy groups -OCH3 is 1. The first-order valence-corrected chi connectivity index (χ1v) is 13.8. The fourth-order valence-electron chi connectivity index (χ4n) is 4.95. The monoisotopic (exact) mass is 602 g/mol. The van der Waals surface area contributed by atoms with Gasteiger partial charge in [0, 0.05) is 23.4 Å². The summed E-state index contributed by atoms with van der Waals surface area (Å²) in [5, 5.41) is 8.62. The van der Waals surface area contributed by atoms with Crippen molar-refractivity contribution in [1.82, 2.24) is 20.9 Å². The third kappa shape index (κ3) is 7.46. The van der Waals surface area contributed by atoms with Gasteiger partial charge >= 0.3 is 0 Å². The summed E-state index contributed by atoms with van der Waals surface area (Å²) >= 11 is 0. The molecule has 230 valence electrons. The van der Waals surface area contributed by atoms with Gasteiger partial charge in [-0.1, -0.05) is 19.9 Å². The molecule has 4 N–H and O–H groups in total. The number of ketones is 1. The molecule has 1 fully saturated rings. The molecule has 1 aliphatic heterocycles. The van der Waals surface area contributed by atoms with Crippen molar-refractivity contribution >= 4 is 34.4 Å². The molecule has 0 saturated carbocycles. The predicted octanol–water partition coefficient (Wildman–Crippen LogP) is 3.40. The normalized spacial score (nSPS) is 16.1. The molecule has 0 spiro atoms. The number of hydrogen-bond acceptors (Lipinski definition) is 6. The zero-order valence-corrected chi connectivity index (χ0v) is 23.9. The van der Waals surface area contributed by atoms with Gasteiger partial charge in [-0.25, -0.2) is 8.78 Å². The lowest BCUT2D eigenvalue weighted by Gasteiger charge is -2.25. The Morgan fingerprint density at radius 3 is 2.47 bits per heavy atom. The van der Waals surface area contributed by atoms with Crippen molar-refractivity contribution in [3.05, 3.63) is 59.5 Å². The number of amides is 3. The number of benzene rings is 2. The van der Waals surface area contributed by atoms with Gasteiger partial charge in [-0.3, -0.25) is 19.2 Å². The number of halogens is 3. The number of carbonyl (C=O) groups is 4. The van der Waals surface area contributed by atoms with Crippen molar-refractivity contribution in [3.8, 4) is 11.5 Å². The summed E-state index contributed by atoms with van der Waals surface area (Å²) in [6, 6.07) is 5.73. The molecule has 1 aromatic heterocycles. The van der Waals surface area contributed by atoms with Crippen molar-refractivity contribution in [2.75, 3.05) is 20.3 Å². The summed E-state index contributed by atoms with van der Waals surface area (Å²) in [4.78, 5) is 55.1. The minimum Gasteiger partial charge on any atom is -0.496 e. The van der Waals surface area contributed by atoms with Gasteiger partial charge in [-0.05, 0) is 55.5 Å². The van der Waals surface area contributed by atoms with Gasteiger partial charge in [0.05, 0.1) is 13.2 Å². The van der Waals surface area contributed by atoms with E-state index < -0.39 is 65.4 Å². The van der Waals surface area contributed by atoms with Crippen LogP contribution >= 0.6 is 0 Å². The van der Waals surface area contributed by atoms with Crippen LogP contribution in [0.15, 0.2) is 36.4 Å². The minimum atomic E-state index is -1.60. The quantitative estimate of drug-likeness (QED) is 0.221. The molecule has 0 aliphatic carbocycles. The third-order valence-corrected chi connectivity index (χ3v) is 7.17. The predicted molar refractivity (Wildman–Crippen MR) is 150 cm³/mol. The van der Waals surface area contributed by atoms with Gasteiger partial charge < -0.3 is 30.4 Å². The number of nitrogens with one attached hydrogen (secondary N) is 4. The van der Waals surface area contributed by atoms with E-state index in [2.05, 4.69) is 20.9 Å². The van der Waals surface area contributed by atoms with Crippen molar-refractivity contribution in [2.45, 2.75) is 45.2 Å². The molecule has 0 bridgehead atoms. The van der Waals surface area contributed by atoms with E-state index >= 15 is 0 Å². The molecule has 10 nitrogen and oxygen atoms in total. The Balaban J connectivity index is 1.52. The SMILES string of the molecule is COc1cccc2[nH]c(C(=O)NC(CC(C)C)C(=O)NC(C[C@@H]3CCNC3=O)C(=O)COc3c(F)ccc(F)c3F)cc12. The summed E-state index contributed by atoms with van der Waals surface area (Å²) in [6.07, 6.45) is 0.503. The summed E-state index contributed by atoms with van der Waals surface area (Å²) in [5.74, 6) is -7.73. The summed E-state index contributed by atoms with van der Waals surface area (Å²) in [7, 11) is 1.51. The fraction of sp³-hybridized carbons (Fsp3) is 0.400. The number of rotatable bonds is 13. The number of fused-ring (bicyclic) bond motifs is 1. The van der Waals surface area contributed by atoms with Crippen LogP contribution in [-0.2, 0) is 14.4 Å². The Kier molecular flexibility index (Phi) is 9.94. The molecule has 3 atom stereocenters. The molecule has 0 radical (unpaired) electrons. The van der Waals surface area contributed by atoms with E-state index in [0.717, 1.165) is 0 Å². The van der Waals surface area contributed by atoms with Crippen LogP contribution in [0.4, 0.5) is 13.2 Å². The first-order valence-electron chi connectivity index (χ1n) is 13.8. The molecule has 2 aromatic carbocycles. The van der Waals surface area contributed by atoms with Crippen LogP contribution in [0.5, 0.6) is 11.5 Å². The average molecular weight is 603 g/mol. The lowest BCUT2D eigenvalue weighted by molar-refractivity contribution is -0.131. The van der Waals surface area contributed by atoms with Crippen LogP contribution in [-0.4, -0.2) is 60.8 Å². The maximum Gasteiger partial charge on any atom is 0.268 e. The second-order valence-electron chi connectivity index (χ2n) is 10.8. The first kappa shape index (κ1) is 31.4. The highest BCUT2D eigenvalue weighted by molar-refractivity contribution is 6.02. The van der Waals surface area contributed by atoms with Crippen LogP contribution in [0, 0.1) is 29.3 Å². The van der Waals surface area contributed by atoms with E-state index in [1.54, 1.807) is 24.3 Å². The number of Topliss-reactive ketones (excluding diaryl/α,β-unsaturated/α-hetero) is 1. The number of ether oxygens (including phenoxy) is 2. The van der Waals surface area contributed by atoms with Gasteiger partial charge in [-0.2, -0.15) is 4.39 Å². The number of aromatic amines is 1. The van der Waals surface area contributed by atoms with E-state index in [9.17, 15) is 32.3 Å². The van der Waals surface area contributed by atoms with E-state index in [-0.39, 0.29) is 30.4 Å². The maximum absolute atomic E-state index is 14.1. The fourth-order valence-corrected chi connectivity index (χ4v) is 4.95. The first-order chi connectivity index (χ1) is 20.5. The molecule has 3 aromatic rings. The van der Waals surface area contributed by atoms with Crippen LogP contribution in [0.2, 0.25) is 0 Å². The molecule has 1 aliphatic rings. The van der Waals surface area contributed by atoms with Crippen LogP contribution in [0.25, 0.3) is 10.9 Å². The number of carbonyl (C=O) groups excluding carboxylic acids is 4. The van der Waals surface area contributed by atoms with Crippen LogP contribution in [0.1, 0.15) is 43.6 Å². The van der Waals surface area contributed by atoms with E-state index in [1.165, 1.54) is 7.11 Å². The number of hydrogen-bond donors (Lipinski definition) is 4. The van der Waals surface area contributed by atoms with Gasteiger partial charge in [0.25, 0.3) is 5.91 Å². The highest BCUT2D eigenvalue weighted by atomic mass is 19.2. The Bertz CT molecular complexity index is 1530. The largest absolute Gasteiger partial charge is 0.496 e. The topological polar surface area (TPSA) is 139 Å². The Morgan fingerprint density at radius 2 is 1.79 bits per heavy atom. The lowest BCUT2D eigenvalue weighted by Crippen LogP contribution is -2.53. The molecular formula is C30H33F3N4O6. The van der Waals surface area contributed by atoms with E-state index in [4.69, 9.17) is 9.47 Å². The smallest absolute Gasteiger partial charge is 0.268 e. The third-order valence-electron chi connectivity index (χ3n) is 7.17. The highest BCUT2D eigenvalue weighted by Crippen LogP contribution is 2.27. The van der Waals surface area contributed by atoms with Gasteiger partial charge in [0.1, 0.15) is 24.1 Å². The average Bonchev–Trinajstić information content (AvgIpc) is 3.59. The second kappa shape index (κ2) is 13.6. The summed E-state index contributed by atoms with van der Waals surface area (Å²) in [5.41, 5.74) is 0.838. The molecule has 2 heterocycles. The summed E-state index contributed by atoms with van der Waals surface area (Å²) < 4.78 is 52.1. The molecule has 2 unspecified atom stereocenters. The van der Waals surface area contributed by atoms with Crippen molar-refractivity contribution in [1.29, 1.82) is 0 Å². The molecule has 13 heteroatoms. The molecule has 1 saturated heterocycles. The summed E-state index contributed by atoms with van der Waals surface area (Å²) in [6.45, 7) is 3.17. The highest BCUT2D eigenvalue weighted by Gasteiger charge is 2.34.